The number of fused-ring (bicyclic) bond motifs is 1. The van der Waals surface area contributed by atoms with Gasteiger partial charge in [-0.2, -0.15) is 5.10 Å². The molecule has 1 unspecified atom stereocenters. The molecular formula is C8H13ClN2. The van der Waals surface area contributed by atoms with Crippen molar-refractivity contribution in [3.8, 4) is 0 Å². The van der Waals surface area contributed by atoms with Crippen LogP contribution in [0.25, 0.3) is 0 Å². The zero-order valence-electron chi connectivity index (χ0n) is 6.63. The highest BCUT2D eigenvalue weighted by Gasteiger charge is 2.15. The van der Waals surface area contributed by atoms with Gasteiger partial charge < -0.3 is 0 Å². The first-order chi connectivity index (χ1) is 4.86. The second-order valence-electron chi connectivity index (χ2n) is 3.22. The third-order valence-corrected chi connectivity index (χ3v) is 2.26. The Labute approximate surface area is 72.8 Å². The maximum absolute atomic E-state index is 4.01. The lowest BCUT2D eigenvalue weighted by Crippen LogP contribution is -2.09. The Hall–Kier alpha value is -0.500. The van der Waals surface area contributed by atoms with E-state index in [0.29, 0.717) is 0 Å². The minimum absolute atomic E-state index is 0. The van der Waals surface area contributed by atoms with E-state index < -0.39 is 0 Å². The Morgan fingerprint density at radius 2 is 2.45 bits per heavy atom. The van der Waals surface area contributed by atoms with E-state index in [0.717, 1.165) is 5.92 Å². The summed E-state index contributed by atoms with van der Waals surface area (Å²) < 4.78 is 0. The van der Waals surface area contributed by atoms with E-state index in [4.69, 9.17) is 0 Å². The van der Waals surface area contributed by atoms with Crippen molar-refractivity contribution in [2.24, 2.45) is 5.92 Å². The summed E-state index contributed by atoms with van der Waals surface area (Å²) in [6.45, 7) is 2.30. The molecule has 0 bridgehead atoms. The smallest absolute Gasteiger partial charge is 0.0522 e. The number of rotatable bonds is 0. The summed E-state index contributed by atoms with van der Waals surface area (Å²) in [6, 6.07) is 0. The van der Waals surface area contributed by atoms with E-state index >= 15 is 0 Å². The minimum atomic E-state index is 0. The molecule has 1 aromatic rings. The second-order valence-corrected chi connectivity index (χ2v) is 3.22. The van der Waals surface area contributed by atoms with Crippen LogP contribution in [0.5, 0.6) is 0 Å². The number of nitrogens with zero attached hydrogens (tertiary/aromatic N) is 1. The summed E-state index contributed by atoms with van der Waals surface area (Å²) in [5, 5.41) is 7.04. The monoisotopic (exact) mass is 172 g/mol. The van der Waals surface area contributed by atoms with Gasteiger partial charge in [0.15, 0.2) is 0 Å². The first kappa shape index (κ1) is 8.60. The molecule has 0 saturated carbocycles. The van der Waals surface area contributed by atoms with Gasteiger partial charge >= 0.3 is 0 Å². The first-order valence-corrected chi connectivity index (χ1v) is 3.87. The van der Waals surface area contributed by atoms with Crippen molar-refractivity contribution in [3.63, 3.8) is 0 Å². The Balaban J connectivity index is 0.000000605. The molecule has 0 fully saturated rings. The Morgan fingerprint density at radius 1 is 1.64 bits per heavy atom. The predicted molar refractivity (Wildman–Crippen MR) is 47.0 cm³/mol. The molecule has 11 heavy (non-hydrogen) atoms. The Bertz CT molecular complexity index is 232. The van der Waals surface area contributed by atoms with Crippen molar-refractivity contribution in [2.45, 2.75) is 26.2 Å². The fraction of sp³-hybridized carbons (Fsp3) is 0.625. The fourth-order valence-corrected chi connectivity index (χ4v) is 1.60. The van der Waals surface area contributed by atoms with Crippen molar-refractivity contribution >= 4 is 12.4 Å². The maximum atomic E-state index is 4.01. The molecule has 1 atom stereocenters. The van der Waals surface area contributed by atoms with Crippen LogP contribution in [0.4, 0.5) is 0 Å². The van der Waals surface area contributed by atoms with E-state index in [-0.39, 0.29) is 12.4 Å². The first-order valence-electron chi connectivity index (χ1n) is 3.87. The number of halogens is 1. The Kier molecular flexibility index (Phi) is 2.55. The average Bonchev–Trinajstić information content (AvgIpc) is 2.33. The van der Waals surface area contributed by atoms with Gasteiger partial charge in [0.2, 0.25) is 0 Å². The number of nitrogens with one attached hydrogen (secondary N) is 1. The lowest BCUT2D eigenvalue weighted by Gasteiger charge is -2.16. The maximum Gasteiger partial charge on any atom is 0.0522 e. The number of aromatic nitrogens is 2. The van der Waals surface area contributed by atoms with Crippen LogP contribution in [0.3, 0.4) is 0 Å². The van der Waals surface area contributed by atoms with Gasteiger partial charge in [-0.15, -0.1) is 12.4 Å². The molecular weight excluding hydrogens is 160 g/mol. The van der Waals surface area contributed by atoms with E-state index in [1.54, 1.807) is 0 Å². The number of H-pyrrole nitrogens is 1. The standard InChI is InChI=1S/C8H12N2.ClH/c1-6-2-3-8-7(4-6)5-9-10-8;/h5-6H,2-4H2,1H3,(H,9,10);1H. The van der Waals surface area contributed by atoms with Crippen molar-refractivity contribution in [2.75, 3.05) is 0 Å². The largest absolute Gasteiger partial charge is 0.282 e. The van der Waals surface area contributed by atoms with Crippen molar-refractivity contribution in [1.29, 1.82) is 0 Å². The van der Waals surface area contributed by atoms with Crippen LogP contribution in [-0.2, 0) is 12.8 Å². The molecule has 0 saturated heterocycles. The van der Waals surface area contributed by atoms with Crippen LogP contribution in [0.2, 0.25) is 0 Å². The topological polar surface area (TPSA) is 28.7 Å². The third-order valence-electron chi connectivity index (χ3n) is 2.26. The number of hydrogen-bond donors (Lipinski definition) is 1. The lowest BCUT2D eigenvalue weighted by molar-refractivity contribution is 0.497. The molecule has 0 aliphatic heterocycles. The molecule has 0 radical (unpaired) electrons. The van der Waals surface area contributed by atoms with Crippen LogP contribution < -0.4 is 0 Å². The number of aromatic amines is 1. The highest BCUT2D eigenvalue weighted by atomic mass is 35.5. The molecule has 1 N–H and O–H groups in total. The molecule has 2 nitrogen and oxygen atoms in total. The molecule has 0 aromatic carbocycles. The Morgan fingerprint density at radius 3 is 3.27 bits per heavy atom. The molecule has 2 rings (SSSR count). The highest BCUT2D eigenvalue weighted by molar-refractivity contribution is 5.85. The quantitative estimate of drug-likeness (QED) is 0.637. The van der Waals surface area contributed by atoms with Gasteiger partial charge in [-0.25, -0.2) is 0 Å². The molecule has 1 heterocycles. The van der Waals surface area contributed by atoms with Gasteiger partial charge in [0.1, 0.15) is 0 Å². The zero-order chi connectivity index (χ0) is 6.97. The van der Waals surface area contributed by atoms with Gasteiger partial charge in [0, 0.05) is 5.69 Å². The van der Waals surface area contributed by atoms with Gasteiger partial charge in [-0.3, -0.25) is 5.10 Å². The SMILES string of the molecule is CC1CCc2[nH]ncc2C1.Cl. The molecule has 0 spiro atoms. The number of aryl methyl sites for hydroxylation is 1. The molecule has 1 aromatic heterocycles. The zero-order valence-corrected chi connectivity index (χ0v) is 7.45. The van der Waals surface area contributed by atoms with Crippen molar-refractivity contribution < 1.29 is 0 Å². The van der Waals surface area contributed by atoms with Crippen LogP contribution in [-0.4, -0.2) is 10.2 Å². The van der Waals surface area contributed by atoms with Crippen molar-refractivity contribution in [1.82, 2.24) is 10.2 Å². The summed E-state index contributed by atoms with van der Waals surface area (Å²) in [5.74, 6) is 0.852. The summed E-state index contributed by atoms with van der Waals surface area (Å²) in [6.07, 6.45) is 5.68. The summed E-state index contributed by atoms with van der Waals surface area (Å²) >= 11 is 0. The van der Waals surface area contributed by atoms with Crippen LogP contribution in [0.15, 0.2) is 6.20 Å². The molecule has 1 aliphatic carbocycles. The normalized spacial score (nSPS) is 22.1. The van der Waals surface area contributed by atoms with E-state index in [2.05, 4.69) is 17.1 Å². The van der Waals surface area contributed by atoms with Gasteiger partial charge in [-0.1, -0.05) is 6.92 Å². The summed E-state index contributed by atoms with van der Waals surface area (Å²) in [5.41, 5.74) is 2.79. The fourth-order valence-electron chi connectivity index (χ4n) is 1.60. The number of hydrogen-bond acceptors (Lipinski definition) is 1. The highest BCUT2D eigenvalue weighted by Crippen LogP contribution is 2.22. The summed E-state index contributed by atoms with van der Waals surface area (Å²) in [4.78, 5) is 0. The van der Waals surface area contributed by atoms with Gasteiger partial charge in [0.25, 0.3) is 0 Å². The van der Waals surface area contributed by atoms with Crippen LogP contribution in [0.1, 0.15) is 24.6 Å². The van der Waals surface area contributed by atoms with Crippen LogP contribution >= 0.6 is 12.4 Å². The van der Waals surface area contributed by atoms with Crippen LogP contribution in [0, 0.1) is 5.92 Å². The van der Waals surface area contributed by atoms with Gasteiger partial charge in [0.05, 0.1) is 6.20 Å². The molecule has 3 heteroatoms. The third kappa shape index (κ3) is 1.56. The predicted octanol–water partition coefficient (Wildman–Crippen LogP) is 1.96. The van der Waals surface area contributed by atoms with Gasteiger partial charge in [-0.05, 0) is 30.7 Å². The average molecular weight is 173 g/mol. The van der Waals surface area contributed by atoms with E-state index in [1.165, 1.54) is 30.5 Å². The lowest BCUT2D eigenvalue weighted by atomic mass is 9.89. The van der Waals surface area contributed by atoms with Crippen molar-refractivity contribution in [3.05, 3.63) is 17.5 Å². The van der Waals surface area contributed by atoms with E-state index in [9.17, 15) is 0 Å². The molecule has 0 amide bonds. The minimum Gasteiger partial charge on any atom is -0.282 e. The molecule has 1 aliphatic rings. The molecule has 62 valence electrons. The van der Waals surface area contributed by atoms with E-state index in [1.807, 2.05) is 6.20 Å². The second kappa shape index (κ2) is 3.26. The summed E-state index contributed by atoms with van der Waals surface area (Å²) in [7, 11) is 0.